The number of piperidine rings is 1. The highest BCUT2D eigenvalue weighted by Crippen LogP contribution is 2.24. The van der Waals surface area contributed by atoms with Gasteiger partial charge in [0.05, 0.1) is 4.90 Å². The highest BCUT2D eigenvalue weighted by atomic mass is 32.2. The van der Waals surface area contributed by atoms with Crippen LogP contribution in [0.4, 0.5) is 4.39 Å². The third kappa shape index (κ3) is 5.19. The number of sulfonamides is 1. The van der Waals surface area contributed by atoms with Crippen molar-refractivity contribution < 1.29 is 12.8 Å². The number of rotatable bonds is 8. The van der Waals surface area contributed by atoms with Crippen LogP contribution in [0.15, 0.2) is 53.4 Å². The van der Waals surface area contributed by atoms with E-state index in [1.54, 1.807) is 28.6 Å². The Morgan fingerprint density at radius 1 is 1.00 bits per heavy atom. The Morgan fingerprint density at radius 3 is 2.21 bits per heavy atom. The number of aryl methyl sites for hydroxylation is 2. The lowest BCUT2D eigenvalue weighted by molar-refractivity contribution is 0.260. The van der Waals surface area contributed by atoms with Gasteiger partial charge >= 0.3 is 0 Å². The number of hydrogen-bond donors (Lipinski definition) is 1. The molecule has 1 heterocycles. The van der Waals surface area contributed by atoms with Crippen molar-refractivity contribution in [3.05, 3.63) is 65.5 Å². The molecule has 2 aromatic carbocycles. The van der Waals surface area contributed by atoms with Crippen molar-refractivity contribution in [2.24, 2.45) is 0 Å². The van der Waals surface area contributed by atoms with E-state index in [0.717, 1.165) is 49.9 Å². The van der Waals surface area contributed by atoms with Gasteiger partial charge in [-0.2, -0.15) is 4.31 Å². The largest absolute Gasteiger partial charge is 0.317 e. The first-order valence-electron chi connectivity index (χ1n) is 10.1. The second-order valence-electron chi connectivity index (χ2n) is 7.32. The fraction of sp³-hybridized carbons (Fsp3) is 0.455. The fourth-order valence-electron chi connectivity index (χ4n) is 3.72. The molecule has 6 heteroatoms. The van der Waals surface area contributed by atoms with Gasteiger partial charge in [0.25, 0.3) is 0 Å². The lowest BCUT2D eigenvalue weighted by Gasteiger charge is -2.34. The summed E-state index contributed by atoms with van der Waals surface area (Å²) in [5.74, 6) is -0.252. The first-order chi connectivity index (χ1) is 13.5. The average Bonchev–Trinajstić information content (AvgIpc) is 2.73. The number of benzene rings is 2. The first-order valence-corrected chi connectivity index (χ1v) is 11.5. The summed E-state index contributed by atoms with van der Waals surface area (Å²) in [6, 6.07) is 13.7. The van der Waals surface area contributed by atoms with Crippen LogP contribution in [0.25, 0.3) is 0 Å². The van der Waals surface area contributed by atoms with Gasteiger partial charge < -0.3 is 5.32 Å². The topological polar surface area (TPSA) is 49.4 Å². The molecule has 28 heavy (non-hydrogen) atoms. The van der Waals surface area contributed by atoms with Crippen LogP contribution in [-0.4, -0.2) is 38.4 Å². The standard InChI is InChI=1S/C22H29FN2O2S/c1-2-18-7-11-22(12-8-18)28(26,27)25(21-13-15-24-16-14-21)17-3-4-19-5-9-20(23)10-6-19/h5-12,21,24H,2-4,13-17H2,1H3. The molecule has 1 saturated heterocycles. The minimum absolute atomic E-state index is 0.0188. The molecule has 4 nitrogen and oxygen atoms in total. The highest BCUT2D eigenvalue weighted by molar-refractivity contribution is 7.89. The zero-order valence-corrected chi connectivity index (χ0v) is 17.2. The average molecular weight is 405 g/mol. The Bertz CT molecular complexity index is 845. The molecule has 0 radical (unpaired) electrons. The van der Waals surface area contributed by atoms with Crippen molar-refractivity contribution in [2.75, 3.05) is 19.6 Å². The van der Waals surface area contributed by atoms with Gasteiger partial charge in [-0.05, 0) is 80.6 Å². The van der Waals surface area contributed by atoms with Gasteiger partial charge in [0.2, 0.25) is 10.0 Å². The predicted molar refractivity (Wildman–Crippen MR) is 110 cm³/mol. The van der Waals surface area contributed by atoms with E-state index in [4.69, 9.17) is 0 Å². The third-order valence-corrected chi connectivity index (χ3v) is 7.38. The molecular formula is C22H29FN2O2S. The van der Waals surface area contributed by atoms with E-state index in [9.17, 15) is 12.8 Å². The number of nitrogens with one attached hydrogen (secondary N) is 1. The van der Waals surface area contributed by atoms with Gasteiger partial charge in [0.15, 0.2) is 0 Å². The quantitative estimate of drug-likeness (QED) is 0.729. The smallest absolute Gasteiger partial charge is 0.243 e. The molecule has 1 aliphatic rings. The molecule has 0 spiro atoms. The molecule has 0 bridgehead atoms. The summed E-state index contributed by atoms with van der Waals surface area (Å²) in [6.07, 6.45) is 3.97. The van der Waals surface area contributed by atoms with Crippen molar-refractivity contribution in [2.45, 2.75) is 50.0 Å². The van der Waals surface area contributed by atoms with E-state index in [-0.39, 0.29) is 11.9 Å². The van der Waals surface area contributed by atoms with Crippen LogP contribution >= 0.6 is 0 Å². The lowest BCUT2D eigenvalue weighted by atomic mass is 10.1. The SMILES string of the molecule is CCc1ccc(S(=O)(=O)N(CCCc2ccc(F)cc2)C2CCNCC2)cc1. The number of halogens is 1. The van der Waals surface area contributed by atoms with Crippen LogP contribution < -0.4 is 5.32 Å². The molecular weight excluding hydrogens is 375 g/mol. The minimum atomic E-state index is -3.54. The van der Waals surface area contributed by atoms with Crippen molar-refractivity contribution in [3.8, 4) is 0 Å². The summed E-state index contributed by atoms with van der Waals surface area (Å²) in [4.78, 5) is 0.366. The Balaban J connectivity index is 1.76. The summed E-state index contributed by atoms with van der Waals surface area (Å²) in [5, 5.41) is 3.31. The van der Waals surface area contributed by atoms with Gasteiger partial charge in [-0.25, -0.2) is 12.8 Å². The maximum Gasteiger partial charge on any atom is 0.243 e. The molecule has 0 saturated carbocycles. The molecule has 1 fully saturated rings. The van der Waals surface area contributed by atoms with E-state index in [1.807, 2.05) is 12.1 Å². The molecule has 0 aliphatic carbocycles. The minimum Gasteiger partial charge on any atom is -0.317 e. The summed E-state index contributed by atoms with van der Waals surface area (Å²) in [6.45, 7) is 4.20. The molecule has 0 aromatic heterocycles. The lowest BCUT2D eigenvalue weighted by Crippen LogP contribution is -2.46. The van der Waals surface area contributed by atoms with E-state index in [1.165, 1.54) is 12.1 Å². The zero-order valence-electron chi connectivity index (χ0n) is 16.4. The van der Waals surface area contributed by atoms with Crippen LogP contribution in [0.5, 0.6) is 0 Å². The summed E-state index contributed by atoms with van der Waals surface area (Å²) in [7, 11) is -3.54. The fourth-order valence-corrected chi connectivity index (χ4v) is 5.44. The van der Waals surface area contributed by atoms with Crippen LogP contribution in [-0.2, 0) is 22.9 Å². The Morgan fingerprint density at radius 2 is 1.61 bits per heavy atom. The van der Waals surface area contributed by atoms with E-state index in [2.05, 4.69) is 12.2 Å². The van der Waals surface area contributed by atoms with Gasteiger partial charge in [0.1, 0.15) is 5.82 Å². The summed E-state index contributed by atoms with van der Waals surface area (Å²) in [5.41, 5.74) is 2.15. The second-order valence-corrected chi connectivity index (χ2v) is 9.22. The first kappa shape index (κ1) is 21.0. The summed E-state index contributed by atoms with van der Waals surface area (Å²) >= 11 is 0. The normalized spacial score (nSPS) is 15.8. The maximum absolute atomic E-state index is 13.4. The molecule has 152 valence electrons. The Kier molecular flexibility index (Phi) is 7.21. The maximum atomic E-state index is 13.4. The molecule has 0 atom stereocenters. The van der Waals surface area contributed by atoms with E-state index >= 15 is 0 Å². The van der Waals surface area contributed by atoms with Crippen molar-refractivity contribution in [1.29, 1.82) is 0 Å². The monoisotopic (exact) mass is 404 g/mol. The summed E-state index contributed by atoms with van der Waals surface area (Å²) < 4.78 is 41.5. The Hall–Kier alpha value is -1.76. The van der Waals surface area contributed by atoms with Crippen LogP contribution in [0.2, 0.25) is 0 Å². The molecule has 2 aromatic rings. The molecule has 1 N–H and O–H groups in total. The van der Waals surface area contributed by atoms with Gasteiger partial charge in [-0.1, -0.05) is 31.2 Å². The molecule has 0 unspecified atom stereocenters. The van der Waals surface area contributed by atoms with Gasteiger partial charge in [0, 0.05) is 12.6 Å². The zero-order chi connectivity index (χ0) is 20.0. The van der Waals surface area contributed by atoms with Gasteiger partial charge in [-0.3, -0.25) is 0 Å². The molecule has 3 rings (SSSR count). The van der Waals surface area contributed by atoms with Crippen LogP contribution in [0.1, 0.15) is 37.3 Å². The highest BCUT2D eigenvalue weighted by Gasteiger charge is 2.31. The van der Waals surface area contributed by atoms with Crippen molar-refractivity contribution >= 4 is 10.0 Å². The van der Waals surface area contributed by atoms with Crippen molar-refractivity contribution in [3.63, 3.8) is 0 Å². The molecule has 1 aliphatic heterocycles. The Labute approximate surface area is 167 Å². The molecule has 0 amide bonds. The van der Waals surface area contributed by atoms with Crippen LogP contribution in [0.3, 0.4) is 0 Å². The van der Waals surface area contributed by atoms with E-state index in [0.29, 0.717) is 17.9 Å². The number of nitrogens with zero attached hydrogens (tertiary/aromatic N) is 1. The van der Waals surface area contributed by atoms with Crippen molar-refractivity contribution in [1.82, 2.24) is 9.62 Å². The van der Waals surface area contributed by atoms with Gasteiger partial charge in [-0.15, -0.1) is 0 Å². The predicted octanol–water partition coefficient (Wildman–Crippen LogP) is 3.76. The second kappa shape index (κ2) is 9.63. The number of hydrogen-bond acceptors (Lipinski definition) is 3. The van der Waals surface area contributed by atoms with Crippen LogP contribution in [0, 0.1) is 5.82 Å². The third-order valence-electron chi connectivity index (χ3n) is 5.41. The van der Waals surface area contributed by atoms with E-state index < -0.39 is 10.0 Å².